The molecule has 5 nitrogen and oxygen atoms in total. The quantitative estimate of drug-likeness (QED) is 0.794. The predicted molar refractivity (Wildman–Crippen MR) is 108 cm³/mol. The van der Waals surface area contributed by atoms with E-state index in [0.29, 0.717) is 32.4 Å². The molecule has 2 aromatic carbocycles. The Labute approximate surface area is 161 Å². The van der Waals surface area contributed by atoms with E-state index in [1.807, 2.05) is 60.7 Å². The molecule has 6 heteroatoms. The number of benzene rings is 2. The number of rotatable bonds is 7. The zero-order valence-corrected chi connectivity index (χ0v) is 16.2. The minimum Gasteiger partial charge on any atom is -0.326 e. The molecule has 2 aromatic rings. The topological polar surface area (TPSA) is 66.5 Å². The Hall–Kier alpha value is -2.18. The van der Waals surface area contributed by atoms with Crippen molar-refractivity contribution in [3.8, 4) is 0 Å². The van der Waals surface area contributed by atoms with Gasteiger partial charge in [0.25, 0.3) is 0 Å². The molecule has 1 aliphatic rings. The fraction of sp³-hybridized carbons (Fsp3) is 0.381. The van der Waals surface area contributed by atoms with Crippen LogP contribution in [0, 0.1) is 5.92 Å². The normalized spacial score (nSPS) is 16.1. The van der Waals surface area contributed by atoms with Gasteiger partial charge in [0.2, 0.25) is 15.9 Å². The minimum absolute atomic E-state index is 0.0256. The molecule has 0 bridgehead atoms. The van der Waals surface area contributed by atoms with Crippen molar-refractivity contribution in [1.82, 2.24) is 4.31 Å². The number of nitrogens with one attached hydrogen (secondary N) is 1. The van der Waals surface area contributed by atoms with E-state index in [0.717, 1.165) is 17.7 Å². The van der Waals surface area contributed by atoms with Gasteiger partial charge in [-0.3, -0.25) is 4.79 Å². The van der Waals surface area contributed by atoms with Crippen LogP contribution in [-0.4, -0.2) is 37.5 Å². The van der Waals surface area contributed by atoms with E-state index in [1.54, 1.807) is 4.31 Å². The van der Waals surface area contributed by atoms with Crippen LogP contribution in [0.15, 0.2) is 60.7 Å². The SMILES string of the molecule is O=C(Nc1ccccc1)C1CCN(S(=O)(=O)CCCc2ccccc2)CC1. The Kier molecular flexibility index (Phi) is 6.63. The van der Waals surface area contributed by atoms with Crippen LogP contribution in [0.3, 0.4) is 0 Å². The van der Waals surface area contributed by atoms with Crippen LogP contribution in [0.2, 0.25) is 0 Å². The lowest BCUT2D eigenvalue weighted by molar-refractivity contribution is -0.120. The van der Waals surface area contributed by atoms with E-state index in [9.17, 15) is 13.2 Å². The highest BCUT2D eigenvalue weighted by molar-refractivity contribution is 7.89. The van der Waals surface area contributed by atoms with Gasteiger partial charge >= 0.3 is 0 Å². The average Bonchev–Trinajstić information content (AvgIpc) is 2.69. The zero-order chi connectivity index (χ0) is 19.1. The molecular formula is C21H26N2O3S. The molecule has 0 atom stereocenters. The molecule has 1 aliphatic heterocycles. The average molecular weight is 387 g/mol. The summed E-state index contributed by atoms with van der Waals surface area (Å²) in [5.41, 5.74) is 1.93. The summed E-state index contributed by atoms with van der Waals surface area (Å²) >= 11 is 0. The third kappa shape index (κ3) is 5.65. The van der Waals surface area contributed by atoms with Crippen LogP contribution < -0.4 is 5.32 Å². The number of hydrogen-bond donors (Lipinski definition) is 1. The number of sulfonamides is 1. The van der Waals surface area contributed by atoms with Crippen molar-refractivity contribution in [2.24, 2.45) is 5.92 Å². The number of hydrogen-bond acceptors (Lipinski definition) is 3. The summed E-state index contributed by atoms with van der Waals surface area (Å²) in [7, 11) is -3.26. The summed E-state index contributed by atoms with van der Waals surface area (Å²) in [6, 6.07) is 19.3. The molecule has 1 amide bonds. The fourth-order valence-electron chi connectivity index (χ4n) is 3.39. The molecule has 1 saturated heterocycles. The lowest BCUT2D eigenvalue weighted by atomic mass is 9.97. The highest BCUT2D eigenvalue weighted by Crippen LogP contribution is 2.22. The maximum atomic E-state index is 12.6. The lowest BCUT2D eigenvalue weighted by Gasteiger charge is -2.30. The first-order chi connectivity index (χ1) is 13.0. The highest BCUT2D eigenvalue weighted by atomic mass is 32.2. The van der Waals surface area contributed by atoms with Gasteiger partial charge in [0.05, 0.1) is 5.75 Å². The Morgan fingerprint density at radius 1 is 0.963 bits per heavy atom. The van der Waals surface area contributed by atoms with Gasteiger partial charge < -0.3 is 5.32 Å². The van der Waals surface area contributed by atoms with Crippen molar-refractivity contribution < 1.29 is 13.2 Å². The minimum atomic E-state index is -3.26. The molecule has 1 fully saturated rings. The Balaban J connectivity index is 1.45. The van der Waals surface area contributed by atoms with E-state index in [-0.39, 0.29) is 17.6 Å². The van der Waals surface area contributed by atoms with Gasteiger partial charge in [0.1, 0.15) is 0 Å². The van der Waals surface area contributed by atoms with Crippen LogP contribution in [0.4, 0.5) is 5.69 Å². The summed E-state index contributed by atoms with van der Waals surface area (Å²) in [5, 5.41) is 2.91. The van der Waals surface area contributed by atoms with Crippen molar-refractivity contribution >= 4 is 21.6 Å². The third-order valence-corrected chi connectivity index (χ3v) is 6.93. The summed E-state index contributed by atoms with van der Waals surface area (Å²) in [6.45, 7) is 0.834. The molecule has 0 aromatic heterocycles. The number of anilines is 1. The van der Waals surface area contributed by atoms with E-state index in [2.05, 4.69) is 5.32 Å². The van der Waals surface area contributed by atoms with Gasteiger partial charge in [-0.2, -0.15) is 0 Å². The smallest absolute Gasteiger partial charge is 0.227 e. The van der Waals surface area contributed by atoms with Gasteiger partial charge in [0.15, 0.2) is 0 Å². The van der Waals surface area contributed by atoms with Gasteiger partial charge in [-0.15, -0.1) is 0 Å². The van der Waals surface area contributed by atoms with Crippen LogP contribution in [0.1, 0.15) is 24.8 Å². The number of amides is 1. The molecule has 27 heavy (non-hydrogen) atoms. The van der Waals surface area contributed by atoms with Gasteiger partial charge in [0, 0.05) is 24.7 Å². The van der Waals surface area contributed by atoms with Crippen molar-refractivity contribution in [3.63, 3.8) is 0 Å². The Morgan fingerprint density at radius 3 is 2.19 bits per heavy atom. The second-order valence-electron chi connectivity index (χ2n) is 6.93. The van der Waals surface area contributed by atoms with Gasteiger partial charge in [-0.05, 0) is 43.4 Å². The Bertz CT molecular complexity index is 830. The van der Waals surface area contributed by atoms with Gasteiger partial charge in [-0.25, -0.2) is 12.7 Å². The summed E-state index contributed by atoms with van der Waals surface area (Å²) < 4.78 is 26.7. The number of carbonyl (C=O) groups excluding carboxylic acids is 1. The molecular weight excluding hydrogens is 360 g/mol. The monoisotopic (exact) mass is 386 g/mol. The van der Waals surface area contributed by atoms with Crippen LogP contribution in [-0.2, 0) is 21.2 Å². The second-order valence-corrected chi connectivity index (χ2v) is 9.02. The summed E-state index contributed by atoms with van der Waals surface area (Å²) in [6.07, 6.45) is 2.50. The summed E-state index contributed by atoms with van der Waals surface area (Å²) in [4.78, 5) is 12.4. The molecule has 1 N–H and O–H groups in total. The fourth-order valence-corrected chi connectivity index (χ4v) is 4.93. The van der Waals surface area contributed by atoms with E-state index in [4.69, 9.17) is 0 Å². The lowest BCUT2D eigenvalue weighted by Crippen LogP contribution is -2.42. The molecule has 0 saturated carbocycles. The van der Waals surface area contributed by atoms with E-state index >= 15 is 0 Å². The first-order valence-corrected chi connectivity index (χ1v) is 11.0. The molecule has 0 spiro atoms. The maximum absolute atomic E-state index is 12.6. The van der Waals surface area contributed by atoms with Crippen LogP contribution in [0.5, 0.6) is 0 Å². The van der Waals surface area contributed by atoms with Crippen molar-refractivity contribution in [3.05, 3.63) is 66.2 Å². The third-order valence-electron chi connectivity index (χ3n) is 4.97. The predicted octanol–water partition coefficient (Wildman–Crippen LogP) is 3.30. The van der Waals surface area contributed by atoms with Crippen molar-refractivity contribution in [2.45, 2.75) is 25.7 Å². The summed E-state index contributed by atoms with van der Waals surface area (Å²) in [5.74, 6) is -0.00808. The number of aryl methyl sites for hydroxylation is 1. The van der Waals surface area contributed by atoms with Crippen molar-refractivity contribution in [2.75, 3.05) is 24.2 Å². The largest absolute Gasteiger partial charge is 0.326 e. The second kappa shape index (κ2) is 9.15. The van der Waals surface area contributed by atoms with Crippen LogP contribution in [0.25, 0.3) is 0 Å². The number of piperidine rings is 1. The molecule has 0 aliphatic carbocycles. The number of carbonyl (C=O) groups is 1. The molecule has 144 valence electrons. The number of para-hydroxylation sites is 1. The van der Waals surface area contributed by atoms with E-state index < -0.39 is 10.0 Å². The molecule has 1 heterocycles. The molecule has 0 radical (unpaired) electrons. The zero-order valence-electron chi connectivity index (χ0n) is 15.4. The molecule has 0 unspecified atom stereocenters. The Morgan fingerprint density at radius 2 is 1.56 bits per heavy atom. The van der Waals surface area contributed by atoms with Crippen LogP contribution >= 0.6 is 0 Å². The number of nitrogens with zero attached hydrogens (tertiary/aromatic N) is 1. The van der Waals surface area contributed by atoms with E-state index in [1.165, 1.54) is 0 Å². The first-order valence-electron chi connectivity index (χ1n) is 9.42. The molecule has 3 rings (SSSR count). The maximum Gasteiger partial charge on any atom is 0.227 e. The van der Waals surface area contributed by atoms with Crippen molar-refractivity contribution in [1.29, 1.82) is 0 Å². The van der Waals surface area contributed by atoms with Gasteiger partial charge in [-0.1, -0.05) is 48.5 Å². The highest BCUT2D eigenvalue weighted by Gasteiger charge is 2.30. The standard InChI is InChI=1S/C21H26N2O3S/c24-21(22-20-11-5-2-6-12-20)19-13-15-23(16-14-19)27(25,26)17-7-10-18-8-3-1-4-9-18/h1-6,8-9,11-12,19H,7,10,13-17H2,(H,22,24). The first kappa shape index (κ1) is 19.6.